The van der Waals surface area contributed by atoms with Gasteiger partial charge in [-0.2, -0.15) is 0 Å². The molecule has 2 radical (unpaired) electrons. The van der Waals surface area contributed by atoms with Crippen molar-refractivity contribution in [3.8, 4) is 0 Å². The quantitative estimate of drug-likeness (QED) is 0.402. The van der Waals surface area contributed by atoms with E-state index in [0.717, 1.165) is 25.7 Å². The maximum Gasteiger partial charge on any atom is 0.293 e. The second-order valence-corrected chi connectivity index (χ2v) is 1.75. The van der Waals surface area contributed by atoms with Gasteiger partial charge in [0.2, 0.25) is 0 Å². The lowest BCUT2D eigenvalue weighted by Crippen LogP contribution is -1.83. The predicted octanol–water partition coefficient (Wildman–Crippen LogP) is 1.72. The first kappa shape index (κ1) is 8.47. The molecule has 0 rings (SSSR count). The van der Waals surface area contributed by atoms with Crippen molar-refractivity contribution in [2.75, 3.05) is 0 Å². The number of ether oxygens (including phenoxy) is 1. The van der Waals surface area contributed by atoms with E-state index < -0.39 is 0 Å². The summed E-state index contributed by atoms with van der Waals surface area (Å²) in [5.74, 6) is 0. The molecule has 0 aromatic carbocycles. The van der Waals surface area contributed by atoms with Gasteiger partial charge in [-0.15, -0.1) is 0 Å². The van der Waals surface area contributed by atoms with Gasteiger partial charge in [-0.1, -0.05) is 19.8 Å². The molecule has 9 heavy (non-hydrogen) atoms. The molecular weight excluding hydrogens is 116 g/mol. The minimum absolute atomic E-state index is 0.435. The summed E-state index contributed by atoms with van der Waals surface area (Å²) in [6.45, 7) is 5.63. The molecule has 0 heterocycles. The third-order valence-electron chi connectivity index (χ3n) is 0.974. The molecule has 2 heteroatoms. The van der Waals surface area contributed by atoms with E-state index in [1.807, 2.05) is 0 Å². The first-order valence-electron chi connectivity index (χ1n) is 3.12. The number of unbranched alkanes of at least 4 members (excludes halogenated alkanes) is 3. The fourth-order valence-corrected chi connectivity index (χ4v) is 0.512. The topological polar surface area (TPSA) is 26.3 Å². The Kier molecular flexibility index (Phi) is 7.03. The van der Waals surface area contributed by atoms with Crippen LogP contribution < -0.4 is 0 Å². The molecule has 0 bridgehead atoms. The average Bonchev–Trinajstić information content (AvgIpc) is 1.89. The Morgan fingerprint density at radius 3 is 2.78 bits per heavy atom. The molecule has 0 N–H and O–H groups in total. The van der Waals surface area contributed by atoms with Crippen molar-refractivity contribution in [2.24, 2.45) is 0 Å². The zero-order chi connectivity index (χ0) is 6.95. The summed E-state index contributed by atoms with van der Waals surface area (Å²) in [5.41, 5.74) is 0. The van der Waals surface area contributed by atoms with E-state index in [0.29, 0.717) is 6.47 Å². The Morgan fingerprint density at radius 2 is 2.22 bits per heavy atom. The molecule has 52 valence electrons. The Hall–Kier alpha value is -0.530. The van der Waals surface area contributed by atoms with Crippen molar-refractivity contribution in [3.05, 3.63) is 13.5 Å². The summed E-state index contributed by atoms with van der Waals surface area (Å²) in [6, 6.07) is 0. The van der Waals surface area contributed by atoms with E-state index in [4.69, 9.17) is 0 Å². The smallest absolute Gasteiger partial charge is 0.293 e. The number of hydrogen-bond acceptors (Lipinski definition) is 2. The minimum Gasteiger partial charge on any atom is -0.461 e. The zero-order valence-corrected chi connectivity index (χ0v) is 5.51. The van der Waals surface area contributed by atoms with Crippen LogP contribution in [0.3, 0.4) is 0 Å². The molecule has 0 aliphatic rings. The summed E-state index contributed by atoms with van der Waals surface area (Å²) in [7, 11) is 0. The van der Waals surface area contributed by atoms with Crippen LogP contribution in [0, 0.1) is 13.5 Å². The molecule has 0 unspecified atom stereocenters. The summed E-state index contributed by atoms with van der Waals surface area (Å²) in [6.07, 6.45) is 3.94. The Morgan fingerprint density at radius 1 is 1.44 bits per heavy atom. The minimum atomic E-state index is 0.435. The predicted molar refractivity (Wildman–Crippen MR) is 35.3 cm³/mol. The molecular formula is C7H12O2. The van der Waals surface area contributed by atoms with Crippen molar-refractivity contribution in [3.63, 3.8) is 0 Å². The van der Waals surface area contributed by atoms with Gasteiger partial charge in [0, 0.05) is 0 Å². The Labute approximate surface area is 56.2 Å². The molecule has 0 aromatic heterocycles. The van der Waals surface area contributed by atoms with Gasteiger partial charge < -0.3 is 4.74 Å². The summed E-state index contributed by atoms with van der Waals surface area (Å²) in [5, 5.41) is 0. The maximum atomic E-state index is 9.57. The fourth-order valence-electron chi connectivity index (χ4n) is 0.512. The van der Waals surface area contributed by atoms with Crippen molar-refractivity contribution < 1.29 is 9.53 Å². The number of hydrogen-bond donors (Lipinski definition) is 0. The normalized spacial score (nSPS) is 9.00. The molecule has 0 fully saturated rings. The van der Waals surface area contributed by atoms with Gasteiger partial charge in [-0.3, -0.25) is 4.79 Å². The van der Waals surface area contributed by atoms with Crippen LogP contribution in [0.4, 0.5) is 0 Å². The van der Waals surface area contributed by atoms with E-state index in [2.05, 4.69) is 11.7 Å². The largest absolute Gasteiger partial charge is 0.461 e. The van der Waals surface area contributed by atoms with Gasteiger partial charge in [-0.05, 0) is 12.8 Å². The van der Waals surface area contributed by atoms with Crippen molar-refractivity contribution >= 4 is 6.47 Å². The molecule has 0 atom stereocenters. The van der Waals surface area contributed by atoms with E-state index in [1.165, 1.54) is 6.61 Å². The van der Waals surface area contributed by atoms with Crippen molar-refractivity contribution in [2.45, 2.75) is 25.7 Å². The first-order chi connectivity index (χ1) is 4.41. The molecule has 0 amide bonds. The van der Waals surface area contributed by atoms with E-state index >= 15 is 0 Å². The third-order valence-corrected chi connectivity index (χ3v) is 0.974. The van der Waals surface area contributed by atoms with Crippen LogP contribution in [0.5, 0.6) is 0 Å². The summed E-state index contributed by atoms with van der Waals surface area (Å²) in [4.78, 5) is 9.57. The maximum absolute atomic E-state index is 9.57. The molecule has 0 spiro atoms. The highest BCUT2D eigenvalue weighted by molar-refractivity contribution is 5.37. The zero-order valence-electron chi connectivity index (χ0n) is 5.51. The average molecular weight is 128 g/mol. The Bertz CT molecular complexity index is 61.9. The molecule has 0 saturated carbocycles. The van der Waals surface area contributed by atoms with Crippen LogP contribution in [0.2, 0.25) is 0 Å². The van der Waals surface area contributed by atoms with E-state index in [-0.39, 0.29) is 0 Å². The van der Waals surface area contributed by atoms with Gasteiger partial charge in [-0.25, -0.2) is 0 Å². The first-order valence-corrected chi connectivity index (χ1v) is 3.12. The van der Waals surface area contributed by atoms with Crippen LogP contribution in [0.25, 0.3) is 0 Å². The van der Waals surface area contributed by atoms with Gasteiger partial charge >= 0.3 is 0 Å². The SMILES string of the molecule is [CH2]CCCC[CH]OC=O. The van der Waals surface area contributed by atoms with Crippen LogP contribution in [-0.2, 0) is 9.53 Å². The van der Waals surface area contributed by atoms with Crippen molar-refractivity contribution in [1.82, 2.24) is 0 Å². The van der Waals surface area contributed by atoms with Crippen LogP contribution >= 0.6 is 0 Å². The highest BCUT2D eigenvalue weighted by atomic mass is 16.5. The standard InChI is InChI=1S/C7H12O2/c1-2-3-4-5-6-9-7-8/h6-7H,1-5H2. The number of rotatable bonds is 6. The Balaban J connectivity index is 2.66. The lowest BCUT2D eigenvalue weighted by molar-refractivity contribution is -0.125. The molecule has 0 aliphatic carbocycles. The van der Waals surface area contributed by atoms with Gasteiger partial charge in [0.05, 0.1) is 0 Å². The number of carbonyl (C=O) groups is 1. The third kappa shape index (κ3) is 7.47. The monoisotopic (exact) mass is 128 g/mol. The fraction of sp³-hybridized carbons (Fsp3) is 0.571. The highest BCUT2D eigenvalue weighted by Gasteiger charge is 1.86. The molecule has 2 nitrogen and oxygen atoms in total. The van der Waals surface area contributed by atoms with Crippen molar-refractivity contribution in [1.29, 1.82) is 0 Å². The second kappa shape index (κ2) is 7.47. The second-order valence-electron chi connectivity index (χ2n) is 1.75. The van der Waals surface area contributed by atoms with Gasteiger partial charge in [0.15, 0.2) is 0 Å². The summed E-state index contributed by atoms with van der Waals surface area (Å²) < 4.78 is 4.35. The summed E-state index contributed by atoms with van der Waals surface area (Å²) >= 11 is 0. The van der Waals surface area contributed by atoms with Crippen LogP contribution in [0.15, 0.2) is 0 Å². The van der Waals surface area contributed by atoms with Crippen LogP contribution in [0.1, 0.15) is 25.7 Å². The van der Waals surface area contributed by atoms with Gasteiger partial charge in [0.25, 0.3) is 6.47 Å². The van der Waals surface area contributed by atoms with Gasteiger partial charge in [0.1, 0.15) is 6.61 Å². The lowest BCUT2D eigenvalue weighted by Gasteiger charge is -1.94. The molecule has 0 saturated heterocycles. The molecule has 0 aromatic rings. The lowest BCUT2D eigenvalue weighted by atomic mass is 10.2. The number of carbonyl (C=O) groups excluding carboxylic acids is 1. The highest BCUT2D eigenvalue weighted by Crippen LogP contribution is 2.00. The molecule has 0 aliphatic heterocycles. The van der Waals surface area contributed by atoms with E-state index in [1.54, 1.807) is 0 Å². The van der Waals surface area contributed by atoms with E-state index in [9.17, 15) is 4.79 Å². The van der Waals surface area contributed by atoms with Crippen LogP contribution in [-0.4, -0.2) is 6.47 Å².